The molecule has 0 aromatic heterocycles. The highest BCUT2D eigenvalue weighted by atomic mass is 19.1. The first-order chi connectivity index (χ1) is 9.51. The predicted molar refractivity (Wildman–Crippen MR) is 73.8 cm³/mol. The van der Waals surface area contributed by atoms with E-state index >= 15 is 0 Å². The molecule has 0 aliphatic carbocycles. The summed E-state index contributed by atoms with van der Waals surface area (Å²) >= 11 is 0. The van der Waals surface area contributed by atoms with E-state index in [0.717, 1.165) is 6.07 Å². The van der Waals surface area contributed by atoms with Gasteiger partial charge in [-0.1, -0.05) is 0 Å². The van der Waals surface area contributed by atoms with Gasteiger partial charge in [-0.15, -0.1) is 0 Å². The lowest BCUT2D eigenvalue weighted by Crippen LogP contribution is -2.13. The van der Waals surface area contributed by atoms with Gasteiger partial charge in [0.25, 0.3) is 5.91 Å². The van der Waals surface area contributed by atoms with Gasteiger partial charge >= 0.3 is 0 Å². The van der Waals surface area contributed by atoms with Crippen LogP contribution in [0.3, 0.4) is 0 Å². The van der Waals surface area contributed by atoms with Crippen molar-refractivity contribution in [3.8, 4) is 6.07 Å². The highest BCUT2D eigenvalue weighted by Crippen LogP contribution is 2.23. The Hall–Kier alpha value is -3.07. The zero-order chi connectivity index (χ0) is 14.7. The lowest BCUT2D eigenvalue weighted by Gasteiger charge is -2.10. The van der Waals surface area contributed by atoms with Crippen molar-refractivity contribution < 1.29 is 9.18 Å². The van der Waals surface area contributed by atoms with Crippen LogP contribution in [-0.4, -0.2) is 5.91 Å². The summed E-state index contributed by atoms with van der Waals surface area (Å²) in [6.45, 7) is 0. The van der Waals surface area contributed by atoms with Crippen LogP contribution in [-0.2, 0) is 0 Å². The van der Waals surface area contributed by atoms with Crippen LogP contribution in [0.25, 0.3) is 0 Å². The Morgan fingerprint density at radius 2 is 2.00 bits per heavy atom. The smallest absolute Gasteiger partial charge is 0.250 e. The third kappa shape index (κ3) is 2.67. The number of nitrogens with two attached hydrogens (primary N) is 2. The van der Waals surface area contributed by atoms with Crippen LogP contribution in [0.4, 0.5) is 21.5 Å². The van der Waals surface area contributed by atoms with E-state index in [0.29, 0.717) is 5.69 Å². The Bertz CT molecular complexity index is 722. The summed E-state index contributed by atoms with van der Waals surface area (Å²) in [5.41, 5.74) is 12.1. The van der Waals surface area contributed by atoms with Gasteiger partial charge in [0.2, 0.25) is 0 Å². The van der Waals surface area contributed by atoms with Crippen molar-refractivity contribution in [1.29, 1.82) is 5.26 Å². The number of hydrogen-bond donors (Lipinski definition) is 3. The fourth-order valence-corrected chi connectivity index (χ4v) is 1.69. The molecule has 2 aromatic carbocycles. The zero-order valence-electron chi connectivity index (χ0n) is 10.4. The largest absolute Gasteiger partial charge is 0.398 e. The number of carbonyl (C=O) groups excluding carboxylic acids is 1. The van der Waals surface area contributed by atoms with E-state index in [1.54, 1.807) is 6.07 Å². The molecule has 5 N–H and O–H groups in total. The van der Waals surface area contributed by atoms with E-state index in [4.69, 9.17) is 16.7 Å². The lowest BCUT2D eigenvalue weighted by molar-refractivity contribution is 0.100. The minimum absolute atomic E-state index is 0.157. The molecule has 0 aliphatic heterocycles. The van der Waals surface area contributed by atoms with Gasteiger partial charge in [0.1, 0.15) is 5.82 Å². The Balaban J connectivity index is 2.33. The molecule has 20 heavy (non-hydrogen) atoms. The number of nitrogens with zero attached hydrogens (tertiary/aromatic N) is 1. The molecule has 0 unspecified atom stereocenters. The number of anilines is 3. The first kappa shape index (κ1) is 13.4. The Morgan fingerprint density at radius 3 is 2.60 bits per heavy atom. The summed E-state index contributed by atoms with van der Waals surface area (Å²) in [4.78, 5) is 11.2. The highest BCUT2D eigenvalue weighted by Gasteiger charge is 2.08. The maximum Gasteiger partial charge on any atom is 0.250 e. The van der Waals surface area contributed by atoms with Crippen LogP contribution in [0.1, 0.15) is 15.9 Å². The van der Waals surface area contributed by atoms with E-state index in [1.807, 2.05) is 6.07 Å². The Morgan fingerprint density at radius 1 is 1.25 bits per heavy atom. The lowest BCUT2D eigenvalue weighted by atomic mass is 10.1. The molecule has 5 nitrogen and oxygen atoms in total. The summed E-state index contributed by atoms with van der Waals surface area (Å²) in [5.74, 6) is -1.23. The summed E-state index contributed by atoms with van der Waals surface area (Å²) in [7, 11) is 0. The van der Waals surface area contributed by atoms with E-state index in [2.05, 4.69) is 5.32 Å². The minimum atomic E-state index is -0.661. The second-order valence-electron chi connectivity index (χ2n) is 4.10. The van der Waals surface area contributed by atoms with Crippen molar-refractivity contribution in [2.45, 2.75) is 0 Å². The molecule has 0 aliphatic rings. The first-order valence-electron chi connectivity index (χ1n) is 5.67. The SMILES string of the molecule is N#Cc1ccc(Nc2ccc(N)c(C(N)=O)c2)c(F)c1. The maximum absolute atomic E-state index is 13.7. The van der Waals surface area contributed by atoms with Crippen LogP contribution in [0.2, 0.25) is 0 Å². The number of nitrogen functional groups attached to an aromatic ring is 1. The number of halogens is 1. The maximum atomic E-state index is 13.7. The van der Waals surface area contributed by atoms with Crippen molar-refractivity contribution in [3.63, 3.8) is 0 Å². The Kier molecular flexibility index (Phi) is 3.53. The topological polar surface area (TPSA) is 105 Å². The molecule has 0 spiro atoms. The van der Waals surface area contributed by atoms with Crippen molar-refractivity contribution in [2.24, 2.45) is 5.73 Å². The van der Waals surface area contributed by atoms with Crippen LogP contribution < -0.4 is 16.8 Å². The molecular formula is C14H11FN4O. The van der Waals surface area contributed by atoms with E-state index in [1.165, 1.54) is 24.3 Å². The number of benzene rings is 2. The van der Waals surface area contributed by atoms with E-state index in [-0.39, 0.29) is 22.5 Å². The fraction of sp³-hybridized carbons (Fsp3) is 0. The van der Waals surface area contributed by atoms with E-state index in [9.17, 15) is 9.18 Å². The highest BCUT2D eigenvalue weighted by molar-refractivity contribution is 5.99. The second kappa shape index (κ2) is 5.28. The van der Waals surface area contributed by atoms with Gasteiger partial charge in [0.15, 0.2) is 0 Å². The number of carbonyl (C=O) groups is 1. The summed E-state index contributed by atoms with van der Waals surface area (Å²) in [5, 5.41) is 11.5. The average Bonchev–Trinajstić information content (AvgIpc) is 2.42. The molecule has 0 fully saturated rings. The normalized spacial score (nSPS) is 9.80. The number of nitrogens with one attached hydrogen (secondary N) is 1. The standard InChI is InChI=1S/C14H11FN4O/c15-11-5-8(7-16)1-4-13(11)19-9-2-3-12(17)10(6-9)14(18)20/h1-6,19H,17H2,(H2,18,20). The van der Waals surface area contributed by atoms with Gasteiger partial charge in [-0.3, -0.25) is 4.79 Å². The number of rotatable bonds is 3. The molecule has 0 saturated heterocycles. The number of hydrogen-bond acceptors (Lipinski definition) is 4. The molecule has 0 bridgehead atoms. The van der Waals surface area contributed by atoms with Gasteiger partial charge in [0, 0.05) is 11.4 Å². The van der Waals surface area contributed by atoms with Crippen molar-refractivity contribution in [2.75, 3.05) is 11.1 Å². The molecular weight excluding hydrogens is 259 g/mol. The third-order valence-electron chi connectivity index (χ3n) is 2.70. The molecule has 0 atom stereocenters. The molecule has 6 heteroatoms. The second-order valence-corrected chi connectivity index (χ2v) is 4.10. The summed E-state index contributed by atoms with van der Waals surface area (Å²) in [6, 6.07) is 10.4. The summed E-state index contributed by atoms with van der Waals surface area (Å²) < 4.78 is 13.7. The van der Waals surface area contributed by atoms with E-state index < -0.39 is 11.7 Å². The molecule has 2 rings (SSSR count). The molecule has 0 radical (unpaired) electrons. The van der Waals surface area contributed by atoms with Gasteiger partial charge in [-0.05, 0) is 36.4 Å². The van der Waals surface area contributed by atoms with Crippen LogP contribution in [0.5, 0.6) is 0 Å². The summed E-state index contributed by atoms with van der Waals surface area (Å²) in [6.07, 6.45) is 0. The third-order valence-corrected chi connectivity index (χ3v) is 2.70. The van der Waals surface area contributed by atoms with Crippen LogP contribution >= 0.6 is 0 Å². The Labute approximate surface area is 114 Å². The van der Waals surface area contributed by atoms with Crippen molar-refractivity contribution in [3.05, 3.63) is 53.3 Å². The molecule has 100 valence electrons. The molecule has 0 saturated carbocycles. The van der Waals surface area contributed by atoms with Gasteiger partial charge < -0.3 is 16.8 Å². The van der Waals surface area contributed by atoms with Crippen LogP contribution in [0, 0.1) is 17.1 Å². The minimum Gasteiger partial charge on any atom is -0.398 e. The van der Waals surface area contributed by atoms with Crippen molar-refractivity contribution >= 4 is 23.0 Å². The monoisotopic (exact) mass is 270 g/mol. The first-order valence-corrected chi connectivity index (χ1v) is 5.67. The van der Waals surface area contributed by atoms with Gasteiger partial charge in [-0.2, -0.15) is 5.26 Å². The predicted octanol–water partition coefficient (Wildman–Crippen LogP) is 2.12. The fourth-order valence-electron chi connectivity index (χ4n) is 1.69. The zero-order valence-corrected chi connectivity index (χ0v) is 10.4. The van der Waals surface area contributed by atoms with Gasteiger partial charge in [0.05, 0.1) is 22.9 Å². The number of amides is 1. The quantitative estimate of drug-likeness (QED) is 0.743. The average molecular weight is 270 g/mol. The van der Waals surface area contributed by atoms with Crippen LogP contribution in [0.15, 0.2) is 36.4 Å². The van der Waals surface area contributed by atoms with Gasteiger partial charge in [-0.25, -0.2) is 4.39 Å². The number of nitriles is 1. The molecule has 0 heterocycles. The molecule has 1 amide bonds. The van der Waals surface area contributed by atoms with Crippen molar-refractivity contribution in [1.82, 2.24) is 0 Å². The number of primary amides is 1. The molecule has 2 aromatic rings.